The summed E-state index contributed by atoms with van der Waals surface area (Å²) in [7, 11) is 0. The number of benzene rings is 1. The molecule has 2 amide bonds. The minimum atomic E-state index is -0.613. The van der Waals surface area contributed by atoms with Gasteiger partial charge < -0.3 is 10.6 Å². The number of hydrogen-bond acceptors (Lipinski definition) is 2. The van der Waals surface area contributed by atoms with Gasteiger partial charge in [0.25, 0.3) is 5.91 Å². The maximum atomic E-state index is 13.4. The fraction of sp³-hybridized carbons (Fsp3) is 0.333. The van der Waals surface area contributed by atoms with E-state index in [1.807, 2.05) is 0 Å². The van der Waals surface area contributed by atoms with E-state index in [9.17, 15) is 14.0 Å². The third-order valence-electron chi connectivity index (χ3n) is 2.52. The minimum Gasteiger partial charge on any atom is -0.352 e. The third-order valence-corrected chi connectivity index (χ3v) is 3.02. The predicted molar refractivity (Wildman–Crippen MR) is 67.6 cm³/mol. The van der Waals surface area contributed by atoms with Gasteiger partial charge in [0.2, 0.25) is 5.91 Å². The molecule has 0 aromatic heterocycles. The Bertz CT molecular complexity index is 489. The lowest BCUT2D eigenvalue weighted by molar-refractivity contribution is -0.120. The highest BCUT2D eigenvalue weighted by atomic mass is 79.9. The fourth-order valence-electron chi connectivity index (χ4n) is 1.43. The van der Waals surface area contributed by atoms with Crippen LogP contribution in [0, 0.1) is 5.82 Å². The van der Waals surface area contributed by atoms with Gasteiger partial charge in [-0.15, -0.1) is 0 Å². The molecule has 6 heteroatoms. The van der Waals surface area contributed by atoms with Gasteiger partial charge in [0.15, 0.2) is 0 Å². The number of carbonyl (C=O) groups is 2. The van der Waals surface area contributed by atoms with E-state index in [0.29, 0.717) is 4.47 Å². The molecule has 0 saturated heterocycles. The molecule has 1 fully saturated rings. The first-order valence-electron chi connectivity index (χ1n) is 5.59. The molecule has 0 unspecified atom stereocenters. The quantitative estimate of drug-likeness (QED) is 0.887. The van der Waals surface area contributed by atoms with Crippen molar-refractivity contribution in [3.63, 3.8) is 0 Å². The van der Waals surface area contributed by atoms with Crippen LogP contribution in [0.3, 0.4) is 0 Å². The molecule has 96 valence electrons. The summed E-state index contributed by atoms with van der Waals surface area (Å²) < 4.78 is 14.0. The molecular weight excluding hydrogens is 303 g/mol. The minimum absolute atomic E-state index is 0.0800. The summed E-state index contributed by atoms with van der Waals surface area (Å²) in [5.41, 5.74) is -0.0800. The van der Waals surface area contributed by atoms with Gasteiger partial charge in [0, 0.05) is 10.5 Å². The van der Waals surface area contributed by atoms with Gasteiger partial charge in [-0.25, -0.2) is 4.39 Å². The lowest BCUT2D eigenvalue weighted by Gasteiger charge is -2.07. The van der Waals surface area contributed by atoms with E-state index in [4.69, 9.17) is 0 Å². The number of rotatable bonds is 4. The van der Waals surface area contributed by atoms with Crippen molar-refractivity contribution in [2.75, 3.05) is 6.54 Å². The van der Waals surface area contributed by atoms with Gasteiger partial charge in [-0.1, -0.05) is 15.9 Å². The number of amides is 2. The summed E-state index contributed by atoms with van der Waals surface area (Å²) in [6, 6.07) is 4.33. The molecule has 1 aromatic rings. The Morgan fingerprint density at radius 1 is 1.39 bits per heavy atom. The maximum Gasteiger partial charge on any atom is 0.254 e. The van der Waals surface area contributed by atoms with E-state index in [0.717, 1.165) is 12.8 Å². The fourth-order valence-corrected chi connectivity index (χ4v) is 1.79. The van der Waals surface area contributed by atoms with E-state index in [2.05, 4.69) is 26.6 Å². The first kappa shape index (κ1) is 13.0. The normalized spacial score (nSPS) is 14.1. The lowest BCUT2D eigenvalue weighted by Crippen LogP contribution is -2.38. The Labute approximate surface area is 112 Å². The van der Waals surface area contributed by atoms with Crippen LogP contribution in [0.4, 0.5) is 4.39 Å². The second-order valence-electron chi connectivity index (χ2n) is 4.15. The lowest BCUT2D eigenvalue weighted by atomic mass is 10.2. The number of carbonyl (C=O) groups excluding carboxylic acids is 2. The van der Waals surface area contributed by atoms with Crippen LogP contribution in [0.15, 0.2) is 22.7 Å². The van der Waals surface area contributed by atoms with E-state index in [1.165, 1.54) is 18.2 Å². The van der Waals surface area contributed by atoms with Crippen LogP contribution < -0.4 is 10.6 Å². The first-order valence-corrected chi connectivity index (χ1v) is 6.38. The average molecular weight is 315 g/mol. The largest absolute Gasteiger partial charge is 0.352 e. The first-order chi connectivity index (χ1) is 8.56. The van der Waals surface area contributed by atoms with Crippen LogP contribution in [0.1, 0.15) is 23.2 Å². The predicted octanol–water partition coefficient (Wildman–Crippen LogP) is 1.60. The Morgan fingerprint density at radius 2 is 2.11 bits per heavy atom. The summed E-state index contributed by atoms with van der Waals surface area (Å²) in [6.45, 7) is -0.138. The highest BCUT2D eigenvalue weighted by molar-refractivity contribution is 9.10. The zero-order valence-electron chi connectivity index (χ0n) is 9.50. The van der Waals surface area contributed by atoms with Crippen LogP contribution in [0.5, 0.6) is 0 Å². The molecule has 0 radical (unpaired) electrons. The zero-order chi connectivity index (χ0) is 13.1. The molecule has 1 aromatic carbocycles. The van der Waals surface area contributed by atoms with Gasteiger partial charge in [0.1, 0.15) is 5.82 Å². The number of nitrogens with one attached hydrogen (secondary N) is 2. The summed E-state index contributed by atoms with van der Waals surface area (Å²) >= 11 is 3.16. The third kappa shape index (κ3) is 3.53. The molecule has 1 aliphatic rings. The molecule has 1 saturated carbocycles. The molecule has 4 nitrogen and oxygen atoms in total. The van der Waals surface area contributed by atoms with E-state index >= 15 is 0 Å². The molecular formula is C12H12BrFN2O2. The summed E-state index contributed by atoms with van der Waals surface area (Å²) in [5, 5.41) is 5.12. The van der Waals surface area contributed by atoms with E-state index < -0.39 is 11.7 Å². The Kier molecular flexibility index (Phi) is 3.96. The van der Waals surface area contributed by atoms with Gasteiger partial charge in [-0.05, 0) is 31.0 Å². The van der Waals surface area contributed by atoms with Gasteiger partial charge in [-0.2, -0.15) is 0 Å². The molecule has 0 aliphatic heterocycles. The van der Waals surface area contributed by atoms with E-state index in [1.54, 1.807) is 0 Å². The topological polar surface area (TPSA) is 58.2 Å². The van der Waals surface area contributed by atoms with Crippen molar-refractivity contribution in [3.8, 4) is 0 Å². The maximum absolute atomic E-state index is 13.4. The molecule has 1 aliphatic carbocycles. The molecule has 18 heavy (non-hydrogen) atoms. The van der Waals surface area contributed by atoms with Crippen LogP contribution in [0.2, 0.25) is 0 Å². The Morgan fingerprint density at radius 3 is 2.78 bits per heavy atom. The highest BCUT2D eigenvalue weighted by Crippen LogP contribution is 2.18. The summed E-state index contributed by atoms with van der Waals surface area (Å²) in [4.78, 5) is 23.0. The summed E-state index contributed by atoms with van der Waals surface area (Å²) in [5.74, 6) is -1.46. The molecule has 0 spiro atoms. The van der Waals surface area contributed by atoms with Crippen molar-refractivity contribution >= 4 is 27.7 Å². The summed E-state index contributed by atoms with van der Waals surface area (Å²) in [6.07, 6.45) is 1.97. The highest BCUT2D eigenvalue weighted by Gasteiger charge is 2.23. The van der Waals surface area contributed by atoms with Crippen molar-refractivity contribution in [1.82, 2.24) is 10.6 Å². The molecule has 0 atom stereocenters. The molecule has 2 rings (SSSR count). The molecule has 0 heterocycles. The van der Waals surface area contributed by atoms with Crippen molar-refractivity contribution in [2.24, 2.45) is 0 Å². The smallest absolute Gasteiger partial charge is 0.254 e. The SMILES string of the molecule is O=C(CNC(=O)c1cc(Br)ccc1F)NC1CC1. The second-order valence-corrected chi connectivity index (χ2v) is 5.06. The molecule has 2 N–H and O–H groups in total. The number of hydrogen-bond donors (Lipinski definition) is 2. The van der Waals surface area contributed by atoms with Crippen LogP contribution >= 0.6 is 15.9 Å². The van der Waals surface area contributed by atoms with Crippen molar-refractivity contribution in [2.45, 2.75) is 18.9 Å². The van der Waals surface area contributed by atoms with Crippen molar-refractivity contribution in [1.29, 1.82) is 0 Å². The Balaban J connectivity index is 1.90. The second kappa shape index (κ2) is 5.48. The van der Waals surface area contributed by atoms with Crippen LogP contribution in [-0.2, 0) is 4.79 Å². The average Bonchev–Trinajstić information content (AvgIpc) is 3.13. The standard InChI is InChI=1S/C12H12BrFN2O2/c13-7-1-4-10(14)9(5-7)12(18)15-6-11(17)16-8-2-3-8/h1,4-5,8H,2-3,6H2,(H,15,18)(H,16,17). The monoisotopic (exact) mass is 314 g/mol. The van der Waals surface area contributed by atoms with Crippen LogP contribution in [-0.4, -0.2) is 24.4 Å². The van der Waals surface area contributed by atoms with Crippen molar-refractivity contribution in [3.05, 3.63) is 34.1 Å². The van der Waals surface area contributed by atoms with E-state index in [-0.39, 0.29) is 24.1 Å². The van der Waals surface area contributed by atoms with Gasteiger partial charge in [-0.3, -0.25) is 9.59 Å². The van der Waals surface area contributed by atoms with Gasteiger partial charge in [0.05, 0.1) is 12.1 Å². The van der Waals surface area contributed by atoms with Gasteiger partial charge >= 0.3 is 0 Å². The number of halogens is 2. The zero-order valence-corrected chi connectivity index (χ0v) is 11.1. The molecule has 0 bridgehead atoms. The Hall–Kier alpha value is -1.43. The van der Waals surface area contributed by atoms with Crippen molar-refractivity contribution < 1.29 is 14.0 Å². The van der Waals surface area contributed by atoms with Crippen LogP contribution in [0.25, 0.3) is 0 Å².